The fourth-order valence-electron chi connectivity index (χ4n) is 2.72. The van der Waals surface area contributed by atoms with E-state index in [0.29, 0.717) is 16.6 Å². The zero-order chi connectivity index (χ0) is 17.4. The lowest BCUT2D eigenvalue weighted by Gasteiger charge is -2.13. The van der Waals surface area contributed by atoms with Crippen molar-refractivity contribution >= 4 is 39.8 Å². The SMILES string of the molecule is Cc1cc(C(=O)NCCN2C(=O)CSC2=O)c2c(C)nn(C)c2n1. The first-order chi connectivity index (χ1) is 11.4. The summed E-state index contributed by atoms with van der Waals surface area (Å²) in [6, 6.07) is 1.72. The van der Waals surface area contributed by atoms with Crippen LogP contribution in [0.25, 0.3) is 11.0 Å². The van der Waals surface area contributed by atoms with Crippen molar-refractivity contribution in [2.75, 3.05) is 18.8 Å². The summed E-state index contributed by atoms with van der Waals surface area (Å²) in [6.07, 6.45) is 0. The molecule has 3 rings (SSSR count). The normalized spacial score (nSPS) is 14.7. The number of thioether (sulfide) groups is 1. The summed E-state index contributed by atoms with van der Waals surface area (Å²) >= 11 is 0.983. The first-order valence-electron chi connectivity index (χ1n) is 7.44. The van der Waals surface area contributed by atoms with Crippen molar-refractivity contribution in [2.45, 2.75) is 13.8 Å². The van der Waals surface area contributed by atoms with Crippen LogP contribution in [0, 0.1) is 13.8 Å². The van der Waals surface area contributed by atoms with Gasteiger partial charge in [-0.05, 0) is 19.9 Å². The second kappa shape index (κ2) is 6.23. The van der Waals surface area contributed by atoms with Gasteiger partial charge in [0.2, 0.25) is 5.91 Å². The number of hydrogen-bond donors (Lipinski definition) is 1. The van der Waals surface area contributed by atoms with Crippen molar-refractivity contribution in [1.29, 1.82) is 0 Å². The van der Waals surface area contributed by atoms with Crippen molar-refractivity contribution in [2.24, 2.45) is 7.05 Å². The highest BCUT2D eigenvalue weighted by molar-refractivity contribution is 8.14. The Morgan fingerprint density at radius 1 is 1.38 bits per heavy atom. The molecule has 0 radical (unpaired) electrons. The van der Waals surface area contributed by atoms with Crippen LogP contribution in [-0.2, 0) is 11.8 Å². The van der Waals surface area contributed by atoms with E-state index >= 15 is 0 Å². The first kappa shape index (κ1) is 16.4. The predicted molar refractivity (Wildman–Crippen MR) is 89.9 cm³/mol. The number of hydrogen-bond acceptors (Lipinski definition) is 6. The van der Waals surface area contributed by atoms with Gasteiger partial charge < -0.3 is 5.32 Å². The molecule has 0 atom stereocenters. The molecule has 0 aromatic carbocycles. The third-order valence-corrected chi connectivity index (χ3v) is 4.66. The molecular formula is C15H17N5O3S. The largest absolute Gasteiger partial charge is 0.350 e. The van der Waals surface area contributed by atoms with Gasteiger partial charge in [-0.1, -0.05) is 11.8 Å². The van der Waals surface area contributed by atoms with Gasteiger partial charge in [0.1, 0.15) is 0 Å². The Kier molecular flexibility index (Phi) is 4.27. The van der Waals surface area contributed by atoms with E-state index in [1.165, 1.54) is 0 Å². The lowest BCUT2D eigenvalue weighted by Crippen LogP contribution is -2.37. The summed E-state index contributed by atoms with van der Waals surface area (Å²) in [5, 5.41) is 7.52. The number of fused-ring (bicyclic) bond motifs is 1. The number of carbonyl (C=O) groups is 3. The third kappa shape index (κ3) is 2.86. The lowest BCUT2D eigenvalue weighted by atomic mass is 10.1. The molecule has 1 aliphatic heterocycles. The van der Waals surface area contributed by atoms with Crippen LogP contribution in [0.4, 0.5) is 4.79 Å². The van der Waals surface area contributed by atoms with E-state index in [0.717, 1.165) is 28.0 Å². The minimum absolute atomic E-state index is 0.172. The summed E-state index contributed by atoms with van der Waals surface area (Å²) in [6.45, 7) is 4.03. The topological polar surface area (TPSA) is 97.2 Å². The second-order valence-electron chi connectivity index (χ2n) is 5.57. The van der Waals surface area contributed by atoms with E-state index in [4.69, 9.17) is 0 Å². The number of aromatic nitrogens is 3. The second-order valence-corrected chi connectivity index (χ2v) is 6.50. The van der Waals surface area contributed by atoms with Crippen molar-refractivity contribution in [3.63, 3.8) is 0 Å². The summed E-state index contributed by atoms with van der Waals surface area (Å²) in [5.41, 5.74) is 2.60. The molecule has 0 spiro atoms. The minimum atomic E-state index is -0.270. The number of carbonyl (C=O) groups excluding carboxylic acids is 3. The van der Waals surface area contributed by atoms with E-state index in [2.05, 4.69) is 15.4 Å². The van der Waals surface area contributed by atoms with E-state index < -0.39 is 0 Å². The maximum Gasteiger partial charge on any atom is 0.288 e. The Hall–Kier alpha value is -2.42. The molecular weight excluding hydrogens is 330 g/mol. The summed E-state index contributed by atoms with van der Waals surface area (Å²) in [7, 11) is 1.78. The molecule has 1 fully saturated rings. The van der Waals surface area contributed by atoms with Crippen molar-refractivity contribution in [3.05, 3.63) is 23.0 Å². The number of amides is 3. The average Bonchev–Trinajstić information content (AvgIpc) is 2.99. The highest BCUT2D eigenvalue weighted by Crippen LogP contribution is 2.21. The summed E-state index contributed by atoms with van der Waals surface area (Å²) in [4.78, 5) is 41.2. The maximum absolute atomic E-state index is 12.5. The molecule has 126 valence electrons. The van der Waals surface area contributed by atoms with Crippen molar-refractivity contribution in [1.82, 2.24) is 25.0 Å². The molecule has 0 saturated carbocycles. The Morgan fingerprint density at radius 2 is 2.12 bits per heavy atom. The Balaban J connectivity index is 1.77. The van der Waals surface area contributed by atoms with Gasteiger partial charge in [-0.25, -0.2) is 4.98 Å². The average molecular weight is 347 g/mol. The van der Waals surface area contributed by atoms with Gasteiger partial charge in [0.25, 0.3) is 11.1 Å². The monoisotopic (exact) mass is 347 g/mol. The van der Waals surface area contributed by atoms with Gasteiger partial charge in [0.15, 0.2) is 5.65 Å². The van der Waals surface area contributed by atoms with Crippen LogP contribution in [0.5, 0.6) is 0 Å². The number of imide groups is 1. The Labute approximate surface area is 142 Å². The number of aryl methyl sites for hydroxylation is 3. The summed E-state index contributed by atoms with van der Waals surface area (Å²) in [5.74, 6) is -0.316. The lowest BCUT2D eigenvalue weighted by molar-refractivity contribution is -0.124. The quantitative estimate of drug-likeness (QED) is 0.886. The molecule has 0 unspecified atom stereocenters. The highest BCUT2D eigenvalue weighted by Gasteiger charge is 2.29. The molecule has 24 heavy (non-hydrogen) atoms. The molecule has 0 aliphatic carbocycles. The number of nitrogens with one attached hydrogen (secondary N) is 1. The van der Waals surface area contributed by atoms with Crippen LogP contribution in [0.2, 0.25) is 0 Å². The Bertz CT molecular complexity index is 844. The fraction of sp³-hybridized carbons (Fsp3) is 0.400. The molecule has 2 aromatic rings. The van der Waals surface area contributed by atoms with Gasteiger partial charge in [0.05, 0.1) is 22.4 Å². The van der Waals surface area contributed by atoms with Crippen LogP contribution >= 0.6 is 11.8 Å². The van der Waals surface area contributed by atoms with Gasteiger partial charge in [-0.2, -0.15) is 5.10 Å². The van der Waals surface area contributed by atoms with E-state index in [1.807, 2.05) is 13.8 Å². The molecule has 9 heteroatoms. The van der Waals surface area contributed by atoms with E-state index in [-0.39, 0.29) is 35.9 Å². The zero-order valence-corrected chi connectivity index (χ0v) is 14.4. The molecule has 3 heterocycles. The highest BCUT2D eigenvalue weighted by atomic mass is 32.2. The maximum atomic E-state index is 12.5. The van der Waals surface area contributed by atoms with Crippen LogP contribution in [0.15, 0.2) is 6.07 Å². The number of pyridine rings is 1. The molecule has 3 amide bonds. The van der Waals surface area contributed by atoms with Gasteiger partial charge in [-0.15, -0.1) is 0 Å². The Morgan fingerprint density at radius 3 is 2.79 bits per heavy atom. The van der Waals surface area contributed by atoms with Gasteiger partial charge in [0, 0.05) is 25.8 Å². The third-order valence-electron chi connectivity index (χ3n) is 3.80. The minimum Gasteiger partial charge on any atom is -0.350 e. The molecule has 1 N–H and O–H groups in total. The fourth-order valence-corrected chi connectivity index (χ4v) is 3.47. The molecule has 2 aromatic heterocycles. The van der Waals surface area contributed by atoms with Crippen LogP contribution in [0.3, 0.4) is 0 Å². The molecule has 0 bridgehead atoms. The predicted octanol–water partition coefficient (Wildman–Crippen LogP) is 1.01. The van der Waals surface area contributed by atoms with Crippen LogP contribution in [-0.4, -0.2) is 55.6 Å². The number of rotatable bonds is 4. The van der Waals surface area contributed by atoms with Crippen molar-refractivity contribution < 1.29 is 14.4 Å². The molecule has 1 aliphatic rings. The van der Waals surface area contributed by atoms with Crippen LogP contribution in [0.1, 0.15) is 21.7 Å². The molecule has 8 nitrogen and oxygen atoms in total. The van der Waals surface area contributed by atoms with Gasteiger partial charge >= 0.3 is 0 Å². The van der Waals surface area contributed by atoms with Crippen molar-refractivity contribution in [3.8, 4) is 0 Å². The number of nitrogens with zero attached hydrogens (tertiary/aromatic N) is 4. The van der Waals surface area contributed by atoms with Gasteiger partial charge in [-0.3, -0.25) is 24.0 Å². The van der Waals surface area contributed by atoms with Crippen LogP contribution < -0.4 is 5.32 Å². The zero-order valence-electron chi connectivity index (χ0n) is 13.6. The first-order valence-corrected chi connectivity index (χ1v) is 8.43. The standard InChI is InChI=1S/C15H17N5O3S/c1-8-6-10(12-9(2)18-19(3)13(12)17-8)14(22)16-4-5-20-11(21)7-24-15(20)23/h6H,4-5,7H2,1-3H3,(H,16,22). The molecule has 1 saturated heterocycles. The van der Waals surface area contributed by atoms with E-state index in [1.54, 1.807) is 17.8 Å². The smallest absolute Gasteiger partial charge is 0.288 e. The van der Waals surface area contributed by atoms with E-state index in [9.17, 15) is 14.4 Å². The summed E-state index contributed by atoms with van der Waals surface area (Å²) < 4.78 is 1.65.